The zero-order chi connectivity index (χ0) is 17.7. The minimum atomic E-state index is 0.284. The van der Waals surface area contributed by atoms with E-state index < -0.39 is 0 Å². The smallest absolute Gasteiger partial charge is 0.191 e. The van der Waals surface area contributed by atoms with Crippen LogP contribution in [0.25, 0.3) is 0 Å². The summed E-state index contributed by atoms with van der Waals surface area (Å²) in [4.78, 5) is 6.56. The third-order valence-corrected chi connectivity index (χ3v) is 5.46. The van der Waals surface area contributed by atoms with Crippen LogP contribution in [0.3, 0.4) is 0 Å². The van der Waals surface area contributed by atoms with Gasteiger partial charge in [0.1, 0.15) is 11.0 Å². The topological polar surface area (TPSA) is 51.8 Å². The average molecular weight is 371 g/mol. The molecule has 0 aromatic carbocycles. The van der Waals surface area contributed by atoms with Gasteiger partial charge >= 0.3 is 0 Å². The van der Waals surface area contributed by atoms with Gasteiger partial charge in [-0.25, -0.2) is 4.98 Å². The summed E-state index contributed by atoms with van der Waals surface area (Å²) < 4.78 is 4.17. The van der Waals surface area contributed by atoms with Gasteiger partial charge in [0.05, 0.1) is 18.0 Å². The Morgan fingerprint density at radius 3 is 2.58 bits per heavy atom. The highest BCUT2D eigenvalue weighted by Crippen LogP contribution is 2.27. The summed E-state index contributed by atoms with van der Waals surface area (Å²) in [5, 5.41) is 10.6. The number of aromatic nitrogens is 5. The molecule has 0 N–H and O–H groups in total. The first kappa shape index (κ1) is 19.3. The normalized spacial score (nSPS) is 13.0. The Kier molecular flexibility index (Phi) is 7.13. The van der Waals surface area contributed by atoms with Crippen LogP contribution < -0.4 is 0 Å². The van der Waals surface area contributed by atoms with Gasteiger partial charge in [-0.15, -0.1) is 10.2 Å². The zero-order valence-electron chi connectivity index (χ0n) is 15.2. The second kappa shape index (κ2) is 8.87. The molecule has 134 valence electrons. The van der Waals surface area contributed by atoms with Crippen molar-refractivity contribution in [3.8, 4) is 0 Å². The molecule has 0 saturated carbocycles. The second-order valence-electron chi connectivity index (χ2n) is 6.08. The molecule has 0 spiro atoms. The average Bonchev–Trinajstić information content (AvgIpc) is 3.09. The first-order valence-corrected chi connectivity index (χ1v) is 9.74. The standard InChI is InChI=1S/C16H27ClN6S/c1-6-8-9-23-15(12(7-2)21(3)4)19-20-16(23)24-11-14-18-10-13(17)22(14)5/h10,12H,6-9,11H2,1-5H3. The SMILES string of the molecule is CCCCn1c(SCc2ncc(Cl)n2C)nnc1C(CC)N(C)C. The molecule has 1 atom stereocenters. The lowest BCUT2D eigenvalue weighted by atomic mass is 10.2. The van der Waals surface area contributed by atoms with Crippen molar-refractivity contribution in [2.45, 2.75) is 56.6 Å². The summed E-state index contributed by atoms with van der Waals surface area (Å²) in [5.74, 6) is 2.72. The van der Waals surface area contributed by atoms with E-state index in [-0.39, 0.29) is 6.04 Å². The molecule has 2 aromatic heterocycles. The number of thioether (sulfide) groups is 1. The van der Waals surface area contributed by atoms with Gasteiger partial charge in [-0.1, -0.05) is 43.6 Å². The molecule has 1 unspecified atom stereocenters. The van der Waals surface area contributed by atoms with E-state index >= 15 is 0 Å². The van der Waals surface area contributed by atoms with E-state index in [1.165, 1.54) is 0 Å². The Labute approximate surface area is 153 Å². The largest absolute Gasteiger partial charge is 0.322 e. The molecule has 0 amide bonds. The highest BCUT2D eigenvalue weighted by molar-refractivity contribution is 7.98. The van der Waals surface area contributed by atoms with Crippen LogP contribution in [-0.2, 0) is 19.3 Å². The predicted octanol–water partition coefficient (Wildman–Crippen LogP) is 3.77. The molecule has 24 heavy (non-hydrogen) atoms. The summed E-state index contributed by atoms with van der Waals surface area (Å²) in [6.45, 7) is 5.34. The maximum Gasteiger partial charge on any atom is 0.191 e. The predicted molar refractivity (Wildman–Crippen MR) is 99.4 cm³/mol. The van der Waals surface area contributed by atoms with Crippen LogP contribution in [0.1, 0.15) is 50.8 Å². The summed E-state index contributed by atoms with van der Waals surface area (Å²) in [6, 6.07) is 0.284. The van der Waals surface area contributed by atoms with Crippen LogP contribution in [0, 0.1) is 0 Å². The van der Waals surface area contributed by atoms with E-state index in [0.717, 1.165) is 48.4 Å². The van der Waals surface area contributed by atoms with E-state index in [9.17, 15) is 0 Å². The highest BCUT2D eigenvalue weighted by atomic mass is 35.5. The summed E-state index contributed by atoms with van der Waals surface area (Å²) in [7, 11) is 6.11. The molecule has 2 heterocycles. The van der Waals surface area contributed by atoms with Crippen molar-refractivity contribution >= 4 is 23.4 Å². The molecule has 6 nitrogen and oxygen atoms in total. The fourth-order valence-electron chi connectivity index (χ4n) is 2.65. The van der Waals surface area contributed by atoms with Crippen LogP contribution in [-0.4, -0.2) is 43.3 Å². The second-order valence-corrected chi connectivity index (χ2v) is 7.41. The van der Waals surface area contributed by atoms with E-state index in [4.69, 9.17) is 11.6 Å². The van der Waals surface area contributed by atoms with E-state index in [2.05, 4.69) is 52.6 Å². The van der Waals surface area contributed by atoms with Crippen molar-refractivity contribution in [2.75, 3.05) is 14.1 Å². The van der Waals surface area contributed by atoms with Crippen molar-refractivity contribution in [2.24, 2.45) is 7.05 Å². The fourth-order valence-corrected chi connectivity index (χ4v) is 3.76. The van der Waals surface area contributed by atoms with Crippen molar-refractivity contribution in [1.29, 1.82) is 0 Å². The lowest BCUT2D eigenvalue weighted by Gasteiger charge is -2.23. The summed E-state index contributed by atoms with van der Waals surface area (Å²) in [5.41, 5.74) is 0. The van der Waals surface area contributed by atoms with Gasteiger partial charge in [0.2, 0.25) is 0 Å². The van der Waals surface area contributed by atoms with Crippen LogP contribution in [0.15, 0.2) is 11.4 Å². The van der Waals surface area contributed by atoms with Gasteiger partial charge in [-0.3, -0.25) is 4.90 Å². The number of unbranched alkanes of at least 4 members (excludes halogenated alkanes) is 1. The quantitative estimate of drug-likeness (QED) is 0.629. The molecule has 0 fully saturated rings. The Hall–Kier alpha value is -1.05. The Morgan fingerprint density at radius 1 is 1.29 bits per heavy atom. The first-order chi connectivity index (χ1) is 11.5. The van der Waals surface area contributed by atoms with Gasteiger partial charge in [-0.05, 0) is 26.9 Å². The lowest BCUT2D eigenvalue weighted by molar-refractivity contribution is 0.270. The van der Waals surface area contributed by atoms with Crippen LogP contribution in [0.2, 0.25) is 5.15 Å². The van der Waals surface area contributed by atoms with E-state index in [1.54, 1.807) is 18.0 Å². The third-order valence-electron chi connectivity index (χ3n) is 4.15. The number of nitrogens with zero attached hydrogens (tertiary/aromatic N) is 6. The van der Waals surface area contributed by atoms with Crippen LogP contribution >= 0.6 is 23.4 Å². The van der Waals surface area contributed by atoms with Gasteiger partial charge in [0.15, 0.2) is 11.0 Å². The maximum absolute atomic E-state index is 6.06. The van der Waals surface area contributed by atoms with Crippen molar-refractivity contribution in [3.63, 3.8) is 0 Å². The minimum absolute atomic E-state index is 0.284. The minimum Gasteiger partial charge on any atom is -0.322 e. The molecule has 2 aromatic rings. The molecule has 2 rings (SSSR count). The highest BCUT2D eigenvalue weighted by Gasteiger charge is 2.22. The molecule has 0 aliphatic heterocycles. The molecule has 0 aliphatic rings. The number of imidazole rings is 1. The molecule has 0 radical (unpaired) electrons. The first-order valence-electron chi connectivity index (χ1n) is 8.37. The van der Waals surface area contributed by atoms with Crippen LogP contribution in [0.4, 0.5) is 0 Å². The molecule has 8 heteroatoms. The fraction of sp³-hybridized carbons (Fsp3) is 0.688. The molecule has 0 aliphatic carbocycles. The van der Waals surface area contributed by atoms with Crippen molar-refractivity contribution in [3.05, 3.63) is 23.0 Å². The number of hydrogen-bond acceptors (Lipinski definition) is 5. The van der Waals surface area contributed by atoms with Gasteiger partial charge < -0.3 is 9.13 Å². The van der Waals surface area contributed by atoms with Gasteiger partial charge in [-0.2, -0.15) is 0 Å². The van der Waals surface area contributed by atoms with E-state index in [0.29, 0.717) is 5.15 Å². The molecular weight excluding hydrogens is 344 g/mol. The monoisotopic (exact) mass is 370 g/mol. The Morgan fingerprint density at radius 2 is 2.04 bits per heavy atom. The number of halogens is 1. The zero-order valence-corrected chi connectivity index (χ0v) is 16.7. The van der Waals surface area contributed by atoms with Crippen LogP contribution in [0.5, 0.6) is 0 Å². The van der Waals surface area contributed by atoms with Gasteiger partial charge in [0, 0.05) is 13.6 Å². The Balaban J connectivity index is 2.22. The van der Waals surface area contributed by atoms with E-state index in [1.807, 2.05) is 11.6 Å². The lowest BCUT2D eigenvalue weighted by Crippen LogP contribution is -2.23. The molecular formula is C16H27ClN6S. The van der Waals surface area contributed by atoms with Gasteiger partial charge in [0.25, 0.3) is 0 Å². The Bertz CT molecular complexity index is 651. The van der Waals surface area contributed by atoms with Crippen molar-refractivity contribution < 1.29 is 0 Å². The van der Waals surface area contributed by atoms with Crippen molar-refractivity contribution in [1.82, 2.24) is 29.2 Å². The summed E-state index contributed by atoms with van der Waals surface area (Å²) >= 11 is 7.73. The molecule has 0 bridgehead atoms. The summed E-state index contributed by atoms with van der Waals surface area (Å²) in [6.07, 6.45) is 4.97. The third kappa shape index (κ3) is 4.32. The number of rotatable bonds is 9. The molecule has 0 saturated heterocycles. The number of hydrogen-bond donors (Lipinski definition) is 0. The maximum atomic E-state index is 6.06.